The van der Waals surface area contributed by atoms with Crippen molar-refractivity contribution in [3.05, 3.63) is 0 Å². The Labute approximate surface area is 110 Å². The van der Waals surface area contributed by atoms with Gasteiger partial charge in [-0.15, -0.1) is 0 Å². The number of hydrogen-bond donors (Lipinski definition) is 3. The molecule has 0 radical (unpaired) electrons. The second-order valence-corrected chi connectivity index (χ2v) is 5.18. The van der Waals surface area contributed by atoms with E-state index in [-0.39, 0.29) is 17.8 Å². The molecular weight excluding hydrogens is 228 g/mol. The van der Waals surface area contributed by atoms with Crippen molar-refractivity contribution >= 4 is 11.9 Å². The van der Waals surface area contributed by atoms with Crippen molar-refractivity contribution in [1.29, 1.82) is 0 Å². The summed E-state index contributed by atoms with van der Waals surface area (Å²) in [7, 11) is 0. The van der Waals surface area contributed by atoms with Crippen molar-refractivity contribution in [2.45, 2.75) is 46.5 Å². The van der Waals surface area contributed by atoms with Crippen LogP contribution in [0.5, 0.6) is 0 Å². The lowest BCUT2D eigenvalue weighted by molar-refractivity contribution is -0.124. The first-order valence-corrected chi connectivity index (χ1v) is 6.76. The molecule has 5 N–H and O–H groups in total. The first-order chi connectivity index (χ1) is 8.43. The molecule has 5 heteroatoms. The monoisotopic (exact) mass is 256 g/mol. The number of guanidine groups is 1. The maximum Gasteiger partial charge on any atom is 0.222 e. The largest absolute Gasteiger partial charge is 0.370 e. The molecule has 0 heterocycles. The number of amides is 1. The Morgan fingerprint density at radius 3 is 2.39 bits per heavy atom. The van der Waals surface area contributed by atoms with E-state index in [0.717, 1.165) is 25.7 Å². The van der Waals surface area contributed by atoms with Crippen molar-refractivity contribution in [3.8, 4) is 0 Å². The van der Waals surface area contributed by atoms with Crippen LogP contribution in [-0.2, 0) is 4.79 Å². The zero-order chi connectivity index (χ0) is 14.0. The van der Waals surface area contributed by atoms with Gasteiger partial charge in [0, 0.05) is 19.0 Å². The van der Waals surface area contributed by atoms with Gasteiger partial charge in [-0.25, -0.2) is 0 Å². The molecule has 0 aromatic rings. The Hall–Kier alpha value is -1.26. The third-order valence-electron chi connectivity index (χ3n) is 2.80. The summed E-state index contributed by atoms with van der Waals surface area (Å²) in [5.74, 6) is 1.03. The van der Waals surface area contributed by atoms with Gasteiger partial charge in [0.15, 0.2) is 5.96 Å². The minimum absolute atomic E-state index is 0.102. The summed E-state index contributed by atoms with van der Waals surface area (Å²) in [6, 6.07) is 0. The molecule has 0 aliphatic heterocycles. The van der Waals surface area contributed by atoms with E-state index in [1.165, 1.54) is 0 Å². The Morgan fingerprint density at radius 2 is 1.83 bits per heavy atom. The van der Waals surface area contributed by atoms with Gasteiger partial charge in [-0.3, -0.25) is 9.79 Å². The molecule has 0 fully saturated rings. The van der Waals surface area contributed by atoms with Crippen LogP contribution in [0.3, 0.4) is 0 Å². The zero-order valence-electron chi connectivity index (χ0n) is 11.9. The van der Waals surface area contributed by atoms with E-state index in [9.17, 15) is 4.79 Å². The van der Waals surface area contributed by atoms with E-state index < -0.39 is 0 Å². The highest BCUT2D eigenvalue weighted by atomic mass is 16.1. The zero-order valence-corrected chi connectivity index (χ0v) is 11.9. The Balaban J connectivity index is 3.55. The normalized spacial score (nSPS) is 12.2. The number of nitrogens with one attached hydrogen (secondary N) is 1. The van der Waals surface area contributed by atoms with Crippen molar-refractivity contribution in [1.82, 2.24) is 5.32 Å². The highest BCUT2D eigenvalue weighted by Gasteiger charge is 2.12. The lowest BCUT2D eigenvalue weighted by Gasteiger charge is -2.13. The molecule has 0 saturated heterocycles. The van der Waals surface area contributed by atoms with Gasteiger partial charge in [0.2, 0.25) is 5.91 Å². The quantitative estimate of drug-likeness (QED) is 0.329. The molecule has 0 aromatic heterocycles. The number of rotatable bonds is 9. The number of nitrogens with two attached hydrogens (primary N) is 2. The molecule has 0 aromatic carbocycles. The highest BCUT2D eigenvalue weighted by Crippen LogP contribution is 2.11. The second kappa shape index (κ2) is 9.74. The van der Waals surface area contributed by atoms with Crippen LogP contribution in [0.25, 0.3) is 0 Å². The third kappa shape index (κ3) is 9.93. The smallest absolute Gasteiger partial charge is 0.222 e. The summed E-state index contributed by atoms with van der Waals surface area (Å²) >= 11 is 0. The summed E-state index contributed by atoms with van der Waals surface area (Å²) in [5.41, 5.74) is 10.4. The Morgan fingerprint density at radius 1 is 1.17 bits per heavy atom. The number of hydrogen-bond acceptors (Lipinski definition) is 2. The van der Waals surface area contributed by atoms with Gasteiger partial charge in [0.25, 0.3) is 0 Å². The van der Waals surface area contributed by atoms with Gasteiger partial charge in [0.1, 0.15) is 0 Å². The van der Waals surface area contributed by atoms with Crippen LogP contribution < -0.4 is 16.8 Å². The standard InChI is InChI=1S/C13H28N4O/c1-10(2)6-7-11(3)12(18)16-8-4-5-9-17-13(14)15/h10-11H,4-9H2,1-3H3,(H,16,18)(H4,14,15,17)/t11-/m1/s1. The van der Waals surface area contributed by atoms with Gasteiger partial charge in [-0.1, -0.05) is 27.2 Å². The minimum Gasteiger partial charge on any atom is -0.370 e. The summed E-state index contributed by atoms with van der Waals surface area (Å²) in [6.45, 7) is 7.66. The fourth-order valence-corrected chi connectivity index (χ4v) is 1.55. The lowest BCUT2D eigenvalue weighted by atomic mass is 9.99. The van der Waals surface area contributed by atoms with Gasteiger partial charge >= 0.3 is 0 Å². The molecule has 18 heavy (non-hydrogen) atoms. The highest BCUT2D eigenvalue weighted by molar-refractivity contribution is 5.78. The molecule has 0 spiro atoms. The van der Waals surface area contributed by atoms with E-state index in [1.54, 1.807) is 0 Å². The van der Waals surface area contributed by atoms with Crippen molar-refractivity contribution < 1.29 is 4.79 Å². The minimum atomic E-state index is 0.102. The maximum absolute atomic E-state index is 11.7. The van der Waals surface area contributed by atoms with Crippen molar-refractivity contribution in [3.63, 3.8) is 0 Å². The average Bonchev–Trinajstić information content (AvgIpc) is 2.29. The first-order valence-electron chi connectivity index (χ1n) is 6.76. The number of unbranched alkanes of at least 4 members (excludes halogenated alkanes) is 1. The van der Waals surface area contributed by atoms with Crippen LogP contribution in [0, 0.1) is 11.8 Å². The van der Waals surface area contributed by atoms with Crippen LogP contribution >= 0.6 is 0 Å². The van der Waals surface area contributed by atoms with E-state index in [0.29, 0.717) is 19.0 Å². The van der Waals surface area contributed by atoms with Crippen molar-refractivity contribution in [2.75, 3.05) is 13.1 Å². The number of carbonyl (C=O) groups excluding carboxylic acids is 1. The SMILES string of the molecule is CC(C)CC[C@@H](C)C(=O)NCCCCN=C(N)N. The summed E-state index contributed by atoms with van der Waals surface area (Å²) in [4.78, 5) is 15.6. The number of aliphatic imine (C=N–C) groups is 1. The molecular formula is C13H28N4O. The summed E-state index contributed by atoms with van der Waals surface area (Å²) in [5, 5.41) is 2.94. The van der Waals surface area contributed by atoms with Crippen LogP contribution in [-0.4, -0.2) is 25.0 Å². The fraction of sp³-hybridized carbons (Fsp3) is 0.846. The molecule has 0 rings (SSSR count). The molecule has 0 unspecified atom stereocenters. The van der Waals surface area contributed by atoms with Crippen LogP contribution in [0.1, 0.15) is 46.5 Å². The molecule has 1 atom stereocenters. The summed E-state index contributed by atoms with van der Waals surface area (Å²) in [6.07, 6.45) is 3.84. The lowest BCUT2D eigenvalue weighted by Crippen LogP contribution is -2.30. The molecule has 106 valence electrons. The molecule has 0 bridgehead atoms. The third-order valence-corrected chi connectivity index (χ3v) is 2.80. The van der Waals surface area contributed by atoms with E-state index in [2.05, 4.69) is 24.2 Å². The second-order valence-electron chi connectivity index (χ2n) is 5.18. The van der Waals surface area contributed by atoms with Crippen LogP contribution in [0.15, 0.2) is 4.99 Å². The Kier molecular flexibility index (Phi) is 9.06. The Bertz CT molecular complexity index is 260. The molecule has 0 aliphatic carbocycles. The fourth-order valence-electron chi connectivity index (χ4n) is 1.55. The van der Waals surface area contributed by atoms with Gasteiger partial charge in [-0.2, -0.15) is 0 Å². The molecule has 1 amide bonds. The van der Waals surface area contributed by atoms with E-state index in [4.69, 9.17) is 11.5 Å². The predicted octanol–water partition coefficient (Wildman–Crippen LogP) is 1.23. The van der Waals surface area contributed by atoms with Gasteiger partial charge in [-0.05, 0) is 25.2 Å². The van der Waals surface area contributed by atoms with E-state index >= 15 is 0 Å². The van der Waals surface area contributed by atoms with Gasteiger partial charge in [0.05, 0.1) is 0 Å². The average molecular weight is 256 g/mol. The van der Waals surface area contributed by atoms with Gasteiger partial charge < -0.3 is 16.8 Å². The number of carbonyl (C=O) groups is 1. The van der Waals surface area contributed by atoms with Crippen LogP contribution in [0.2, 0.25) is 0 Å². The topological polar surface area (TPSA) is 93.5 Å². The number of nitrogens with zero attached hydrogens (tertiary/aromatic N) is 1. The summed E-state index contributed by atoms with van der Waals surface area (Å²) < 4.78 is 0. The van der Waals surface area contributed by atoms with Crippen LogP contribution in [0.4, 0.5) is 0 Å². The molecule has 0 saturated carbocycles. The van der Waals surface area contributed by atoms with E-state index in [1.807, 2.05) is 6.92 Å². The predicted molar refractivity (Wildman–Crippen MR) is 76.2 cm³/mol. The maximum atomic E-state index is 11.7. The molecule has 5 nitrogen and oxygen atoms in total. The van der Waals surface area contributed by atoms with Crippen molar-refractivity contribution in [2.24, 2.45) is 28.3 Å². The first kappa shape index (κ1) is 16.7. The molecule has 0 aliphatic rings.